The van der Waals surface area contributed by atoms with Crippen molar-refractivity contribution in [3.05, 3.63) is 47.5 Å². The van der Waals surface area contributed by atoms with Crippen LogP contribution in [0.2, 0.25) is 0 Å². The van der Waals surface area contributed by atoms with Crippen molar-refractivity contribution < 1.29 is 14.9 Å². The van der Waals surface area contributed by atoms with Crippen LogP contribution in [0.1, 0.15) is 146 Å². The molecular formula is C39H64O3. The summed E-state index contributed by atoms with van der Waals surface area (Å²) in [5.41, 5.74) is 3.75. The van der Waals surface area contributed by atoms with Gasteiger partial charge in [-0.3, -0.25) is 0 Å². The van der Waals surface area contributed by atoms with Gasteiger partial charge >= 0.3 is 0 Å². The molecular weight excluding hydrogens is 516 g/mol. The summed E-state index contributed by atoms with van der Waals surface area (Å²) in [5.74, 6) is 5.46. The first-order chi connectivity index (χ1) is 20.4. The largest absolute Gasteiger partial charge is 0.396 e. The van der Waals surface area contributed by atoms with Gasteiger partial charge in [-0.15, -0.1) is 0 Å². The molecule has 0 saturated heterocycles. The van der Waals surface area contributed by atoms with Gasteiger partial charge < -0.3 is 14.9 Å². The van der Waals surface area contributed by atoms with Gasteiger partial charge in [0.15, 0.2) is 6.29 Å². The van der Waals surface area contributed by atoms with Gasteiger partial charge in [-0.25, -0.2) is 0 Å². The highest BCUT2D eigenvalue weighted by molar-refractivity contribution is 5.26. The van der Waals surface area contributed by atoms with Gasteiger partial charge in [-0.2, -0.15) is 0 Å². The molecule has 3 heteroatoms. The molecule has 0 radical (unpaired) electrons. The van der Waals surface area contributed by atoms with Crippen molar-refractivity contribution in [2.24, 2.45) is 35.5 Å². The van der Waals surface area contributed by atoms with Crippen LogP contribution in [0.25, 0.3) is 0 Å². The first kappa shape index (κ1) is 33.7. The molecule has 0 amide bonds. The Balaban J connectivity index is 1.07. The van der Waals surface area contributed by atoms with Crippen LogP contribution in [0.3, 0.4) is 0 Å². The molecule has 3 saturated carbocycles. The summed E-state index contributed by atoms with van der Waals surface area (Å²) < 4.78 is 5.52. The molecule has 3 aliphatic carbocycles. The molecule has 4 rings (SSSR count). The number of ether oxygens (including phenoxy) is 1. The normalized spacial score (nSPS) is 30.1. The summed E-state index contributed by atoms with van der Waals surface area (Å²) in [5, 5.41) is 19.7. The molecule has 1 aromatic rings. The number of aliphatic hydroxyl groups excluding tert-OH is 2. The van der Waals surface area contributed by atoms with Gasteiger partial charge in [0.1, 0.15) is 0 Å². The van der Waals surface area contributed by atoms with Crippen LogP contribution in [0.4, 0.5) is 0 Å². The van der Waals surface area contributed by atoms with Crippen molar-refractivity contribution in [3.63, 3.8) is 0 Å². The van der Waals surface area contributed by atoms with E-state index < -0.39 is 6.29 Å². The number of rotatable bonds is 16. The summed E-state index contributed by atoms with van der Waals surface area (Å²) in [7, 11) is 0. The van der Waals surface area contributed by atoms with Gasteiger partial charge in [0, 0.05) is 12.5 Å². The lowest BCUT2D eigenvalue weighted by Gasteiger charge is -2.39. The van der Waals surface area contributed by atoms with Crippen molar-refractivity contribution >= 4 is 0 Å². The lowest BCUT2D eigenvalue weighted by molar-refractivity contribution is -0.0908. The molecule has 3 fully saturated rings. The second kappa shape index (κ2) is 18.0. The third-order valence-electron chi connectivity index (χ3n) is 11.6. The van der Waals surface area contributed by atoms with E-state index in [4.69, 9.17) is 4.74 Å². The van der Waals surface area contributed by atoms with Gasteiger partial charge in [-0.1, -0.05) is 89.1 Å². The number of hydrogen-bond donors (Lipinski definition) is 2. The molecule has 0 bridgehead atoms. The van der Waals surface area contributed by atoms with Crippen LogP contribution in [0.15, 0.2) is 36.4 Å². The summed E-state index contributed by atoms with van der Waals surface area (Å²) in [6.45, 7) is 8.36. The number of benzene rings is 1. The first-order valence-corrected chi connectivity index (χ1v) is 18.1. The number of hydrogen-bond acceptors (Lipinski definition) is 3. The van der Waals surface area contributed by atoms with Crippen LogP contribution in [-0.2, 0) is 11.2 Å². The highest BCUT2D eigenvalue weighted by Gasteiger charge is 2.32. The number of unbranched alkanes of at least 4 members (excludes halogenated alkanes) is 2. The van der Waals surface area contributed by atoms with Gasteiger partial charge in [0.05, 0.1) is 6.61 Å². The Kier molecular flexibility index (Phi) is 14.4. The third kappa shape index (κ3) is 10.8. The van der Waals surface area contributed by atoms with Crippen LogP contribution >= 0.6 is 0 Å². The van der Waals surface area contributed by atoms with E-state index in [-0.39, 0.29) is 12.5 Å². The van der Waals surface area contributed by atoms with Gasteiger partial charge in [0.2, 0.25) is 0 Å². The Hall–Kier alpha value is -1.16. The molecule has 42 heavy (non-hydrogen) atoms. The predicted molar refractivity (Wildman–Crippen MR) is 176 cm³/mol. The van der Waals surface area contributed by atoms with Crippen molar-refractivity contribution in [2.75, 3.05) is 13.2 Å². The maximum absolute atomic E-state index is 9.85. The highest BCUT2D eigenvalue weighted by Crippen LogP contribution is 2.44. The van der Waals surface area contributed by atoms with Gasteiger partial charge in [0.25, 0.3) is 0 Å². The molecule has 1 aromatic carbocycles. The number of aliphatic hydroxyl groups is 2. The molecule has 2 N–H and O–H groups in total. The summed E-state index contributed by atoms with van der Waals surface area (Å²) in [4.78, 5) is 0. The van der Waals surface area contributed by atoms with E-state index in [1.807, 2.05) is 0 Å². The monoisotopic (exact) mass is 580 g/mol. The molecule has 0 heterocycles. The van der Waals surface area contributed by atoms with Crippen molar-refractivity contribution in [1.29, 1.82) is 0 Å². The molecule has 0 aromatic heterocycles. The Labute approximate surface area is 258 Å². The number of aryl methyl sites for hydroxylation is 1. The fourth-order valence-corrected chi connectivity index (χ4v) is 8.67. The standard InChI is InChI=1S/C39H64O3/c1-4-5-6-7-30-10-18-35(19-11-30)36-20-12-31(13-21-36)8-9-32-14-22-37(23-15-32)38-24-16-33(17-25-38)26-34(27-40)28-42-39(41)29(2)3/h10-11,18-19,31-34,36-41H,2,4-9,12-17,20-28H2,1,3H3. The molecule has 3 nitrogen and oxygen atoms in total. The van der Waals surface area contributed by atoms with Gasteiger partial charge in [-0.05, 0) is 130 Å². The second-order valence-electron chi connectivity index (χ2n) is 14.9. The fourth-order valence-electron chi connectivity index (χ4n) is 8.67. The Morgan fingerprint density at radius 1 is 0.810 bits per heavy atom. The smallest absolute Gasteiger partial charge is 0.176 e. The lowest BCUT2D eigenvalue weighted by atomic mass is 9.67. The van der Waals surface area contributed by atoms with Crippen molar-refractivity contribution in [2.45, 2.75) is 148 Å². The third-order valence-corrected chi connectivity index (χ3v) is 11.6. The summed E-state index contributed by atoms with van der Waals surface area (Å²) in [6.07, 6.45) is 25.2. The molecule has 3 aliphatic rings. The quantitative estimate of drug-likeness (QED) is 0.116. The van der Waals surface area contributed by atoms with E-state index in [1.54, 1.807) is 12.5 Å². The topological polar surface area (TPSA) is 49.7 Å². The summed E-state index contributed by atoms with van der Waals surface area (Å²) in [6, 6.07) is 9.69. The van der Waals surface area contributed by atoms with Crippen molar-refractivity contribution in [1.82, 2.24) is 0 Å². The molecule has 2 atom stereocenters. The second-order valence-corrected chi connectivity index (χ2v) is 14.9. The van der Waals surface area contributed by atoms with Crippen LogP contribution in [0.5, 0.6) is 0 Å². The van der Waals surface area contributed by atoms with E-state index >= 15 is 0 Å². The average Bonchev–Trinajstić information content (AvgIpc) is 3.03. The maximum Gasteiger partial charge on any atom is 0.176 e. The minimum absolute atomic E-state index is 0.123. The van der Waals surface area contributed by atoms with Crippen LogP contribution in [-0.4, -0.2) is 29.7 Å². The van der Waals surface area contributed by atoms with E-state index in [0.717, 1.165) is 36.0 Å². The van der Waals surface area contributed by atoms with E-state index in [1.165, 1.54) is 121 Å². The average molecular weight is 581 g/mol. The highest BCUT2D eigenvalue weighted by atomic mass is 16.6. The Morgan fingerprint density at radius 3 is 1.88 bits per heavy atom. The maximum atomic E-state index is 9.85. The van der Waals surface area contributed by atoms with E-state index in [2.05, 4.69) is 37.8 Å². The predicted octanol–water partition coefficient (Wildman–Crippen LogP) is 10.00. The SMILES string of the molecule is C=C(C)C(O)OCC(CO)CC1CCC(C2CCC(CCC3CCC(c4ccc(CCCCC)cc4)CC3)CC2)CC1. The molecule has 0 aliphatic heterocycles. The van der Waals surface area contributed by atoms with Crippen LogP contribution in [0, 0.1) is 35.5 Å². The van der Waals surface area contributed by atoms with E-state index in [0.29, 0.717) is 18.1 Å². The van der Waals surface area contributed by atoms with Crippen LogP contribution < -0.4 is 0 Å². The molecule has 0 spiro atoms. The molecule has 2 unspecified atom stereocenters. The van der Waals surface area contributed by atoms with E-state index in [9.17, 15) is 10.2 Å². The van der Waals surface area contributed by atoms with Crippen molar-refractivity contribution in [3.8, 4) is 0 Å². The summed E-state index contributed by atoms with van der Waals surface area (Å²) >= 11 is 0. The zero-order valence-corrected chi connectivity index (χ0v) is 27.3. The minimum Gasteiger partial charge on any atom is -0.396 e. The zero-order valence-electron chi connectivity index (χ0n) is 27.3. The molecule has 238 valence electrons. The first-order valence-electron chi connectivity index (χ1n) is 18.1. The Bertz CT molecular complexity index is 869. The minimum atomic E-state index is -0.909. The lowest BCUT2D eigenvalue weighted by Crippen LogP contribution is -2.28. The fraction of sp³-hybridized carbons (Fsp3) is 0.795. The zero-order chi connectivity index (χ0) is 29.7. The Morgan fingerprint density at radius 2 is 1.36 bits per heavy atom.